The molecule has 0 aromatic carbocycles. The number of ether oxygens (including phenoxy) is 2. The molecule has 0 aliphatic rings. The molecular formula is C34H68NO7P. The highest BCUT2D eigenvalue weighted by atomic mass is 31.2. The Balaban J connectivity index is 4.27. The topological polar surface area (TPSA) is 94.1 Å². The maximum Gasteiger partial charge on any atom is 0.306 e. The lowest BCUT2D eigenvalue weighted by Crippen LogP contribution is -2.37. The molecule has 256 valence electrons. The number of phosphoric ester groups is 1. The number of carbonyl (C=O) groups excluding carboxylic acids is 1. The highest BCUT2D eigenvalue weighted by Crippen LogP contribution is 2.38. The Hall–Kier alpha value is -0.760. The predicted molar refractivity (Wildman–Crippen MR) is 176 cm³/mol. The molecule has 8 nitrogen and oxygen atoms in total. The lowest BCUT2D eigenvalue weighted by atomic mass is 10.1. The van der Waals surface area contributed by atoms with Crippen LogP contribution < -0.4 is 4.89 Å². The number of unbranched alkanes of at least 4 members (excludes halogenated alkanes) is 16. The van der Waals surface area contributed by atoms with Gasteiger partial charge in [0.25, 0.3) is 7.82 Å². The summed E-state index contributed by atoms with van der Waals surface area (Å²) >= 11 is 0. The van der Waals surface area contributed by atoms with Crippen molar-refractivity contribution in [3.63, 3.8) is 0 Å². The van der Waals surface area contributed by atoms with Gasteiger partial charge in [0.2, 0.25) is 0 Å². The van der Waals surface area contributed by atoms with Gasteiger partial charge in [0.05, 0.1) is 34.4 Å². The minimum absolute atomic E-state index is 0.0271. The van der Waals surface area contributed by atoms with Gasteiger partial charge in [0, 0.05) is 13.0 Å². The van der Waals surface area contributed by atoms with E-state index >= 15 is 0 Å². The van der Waals surface area contributed by atoms with E-state index < -0.39 is 13.9 Å². The molecule has 0 aliphatic carbocycles. The first-order valence-corrected chi connectivity index (χ1v) is 18.9. The van der Waals surface area contributed by atoms with Crippen molar-refractivity contribution in [2.24, 2.45) is 0 Å². The number of likely N-dealkylation sites (N-methyl/N-ethyl adjacent to an activating group) is 1. The Morgan fingerprint density at radius 3 is 1.79 bits per heavy atom. The molecule has 9 heteroatoms. The Labute approximate surface area is 265 Å². The van der Waals surface area contributed by atoms with Crippen LogP contribution in [0.5, 0.6) is 0 Å². The number of carbonyl (C=O) groups is 1. The lowest BCUT2D eigenvalue weighted by Gasteiger charge is -2.28. The standard InChI is InChI=1S/C34H68NO7P/c1-6-8-10-12-14-15-16-17-18-19-20-22-24-26-29-39-31-33(32-41-43(37,38)40-30-28-35(3,4)5)42-34(36)27-25-23-21-13-11-9-7-2/h15-16,33H,6-14,17-32H2,1-5H3/b16-15-. The van der Waals surface area contributed by atoms with Crippen LogP contribution in [0.15, 0.2) is 12.2 Å². The van der Waals surface area contributed by atoms with Crippen LogP contribution in [0.3, 0.4) is 0 Å². The molecule has 0 rings (SSSR count). The fourth-order valence-corrected chi connectivity index (χ4v) is 5.27. The molecule has 0 heterocycles. The maximum absolute atomic E-state index is 12.4. The van der Waals surface area contributed by atoms with Crippen LogP contribution in [0.1, 0.15) is 142 Å². The molecule has 2 atom stereocenters. The second-order valence-electron chi connectivity index (χ2n) is 12.9. The van der Waals surface area contributed by atoms with E-state index in [0.717, 1.165) is 32.1 Å². The van der Waals surface area contributed by atoms with Gasteiger partial charge < -0.3 is 27.9 Å². The fourth-order valence-electron chi connectivity index (χ4n) is 4.54. The van der Waals surface area contributed by atoms with E-state index in [9.17, 15) is 14.3 Å². The molecule has 43 heavy (non-hydrogen) atoms. The van der Waals surface area contributed by atoms with E-state index in [-0.39, 0.29) is 25.8 Å². The molecule has 0 saturated carbocycles. The Morgan fingerprint density at radius 1 is 0.698 bits per heavy atom. The molecule has 0 aromatic rings. The fraction of sp³-hybridized carbons (Fsp3) is 0.912. The van der Waals surface area contributed by atoms with Crippen molar-refractivity contribution in [2.75, 3.05) is 54.1 Å². The minimum atomic E-state index is -4.50. The summed E-state index contributed by atoms with van der Waals surface area (Å²) in [6, 6.07) is 0. The summed E-state index contributed by atoms with van der Waals surface area (Å²) in [6.07, 6.45) is 26.6. The molecular weight excluding hydrogens is 565 g/mol. The highest BCUT2D eigenvalue weighted by molar-refractivity contribution is 7.45. The van der Waals surface area contributed by atoms with Crippen molar-refractivity contribution in [2.45, 2.75) is 148 Å². The molecule has 2 unspecified atom stereocenters. The SMILES string of the molecule is CCCCCC/C=C\CCCCCCCCOCC(COP(=O)([O-])OCC[N+](C)(C)C)OC(=O)CCCCCCCCC. The molecule has 0 saturated heterocycles. The highest BCUT2D eigenvalue weighted by Gasteiger charge is 2.20. The van der Waals surface area contributed by atoms with Crippen molar-refractivity contribution in [1.29, 1.82) is 0 Å². The van der Waals surface area contributed by atoms with E-state index in [4.69, 9.17) is 18.5 Å². The van der Waals surface area contributed by atoms with Crippen LogP contribution in [0.4, 0.5) is 0 Å². The first-order valence-electron chi connectivity index (χ1n) is 17.4. The first-order chi connectivity index (χ1) is 20.6. The van der Waals surface area contributed by atoms with Crippen LogP contribution in [0.25, 0.3) is 0 Å². The number of phosphoric acid groups is 1. The largest absolute Gasteiger partial charge is 0.756 e. The molecule has 0 aliphatic heterocycles. The third-order valence-corrected chi connectivity index (χ3v) is 8.28. The zero-order valence-corrected chi connectivity index (χ0v) is 29.6. The predicted octanol–water partition coefficient (Wildman–Crippen LogP) is 8.52. The number of hydrogen-bond acceptors (Lipinski definition) is 7. The summed E-state index contributed by atoms with van der Waals surface area (Å²) in [5.74, 6) is -0.344. The Kier molecular flexibility index (Phi) is 28.2. The van der Waals surface area contributed by atoms with Crippen molar-refractivity contribution in [1.82, 2.24) is 0 Å². The van der Waals surface area contributed by atoms with Crippen LogP contribution in [0.2, 0.25) is 0 Å². The maximum atomic E-state index is 12.4. The van der Waals surface area contributed by atoms with E-state index in [1.807, 2.05) is 21.1 Å². The number of allylic oxidation sites excluding steroid dienone is 2. The second-order valence-corrected chi connectivity index (χ2v) is 14.3. The van der Waals surface area contributed by atoms with Crippen molar-refractivity contribution < 1.29 is 37.3 Å². The Morgan fingerprint density at radius 2 is 1.21 bits per heavy atom. The van der Waals surface area contributed by atoms with Gasteiger partial charge >= 0.3 is 5.97 Å². The number of quaternary nitrogens is 1. The van der Waals surface area contributed by atoms with Gasteiger partial charge in [-0.05, 0) is 38.5 Å². The average molecular weight is 634 g/mol. The first kappa shape index (κ1) is 42.2. The van der Waals surface area contributed by atoms with E-state index in [0.29, 0.717) is 24.1 Å². The van der Waals surface area contributed by atoms with E-state index in [2.05, 4.69) is 26.0 Å². The zero-order valence-electron chi connectivity index (χ0n) is 28.7. The molecule has 0 bridgehead atoms. The molecule has 0 amide bonds. The molecule has 0 aromatic heterocycles. The molecule has 0 N–H and O–H groups in total. The quantitative estimate of drug-likeness (QED) is 0.0241. The molecule has 0 fully saturated rings. The van der Waals surface area contributed by atoms with Gasteiger partial charge in [-0.25, -0.2) is 0 Å². The second kappa shape index (κ2) is 28.7. The summed E-state index contributed by atoms with van der Waals surface area (Å²) < 4.78 is 34.2. The number of hydrogen-bond donors (Lipinski definition) is 0. The molecule has 0 radical (unpaired) electrons. The van der Waals surface area contributed by atoms with Crippen molar-refractivity contribution in [3.8, 4) is 0 Å². The summed E-state index contributed by atoms with van der Waals surface area (Å²) in [4.78, 5) is 24.7. The van der Waals surface area contributed by atoms with Gasteiger partial charge in [0.15, 0.2) is 0 Å². The third-order valence-electron chi connectivity index (χ3n) is 7.32. The smallest absolute Gasteiger partial charge is 0.306 e. The molecule has 0 spiro atoms. The normalized spacial score (nSPS) is 14.3. The van der Waals surface area contributed by atoms with Gasteiger partial charge in [-0.2, -0.15) is 0 Å². The monoisotopic (exact) mass is 633 g/mol. The van der Waals surface area contributed by atoms with Crippen LogP contribution in [-0.2, 0) is 27.9 Å². The van der Waals surface area contributed by atoms with Gasteiger partial charge in [-0.3, -0.25) is 9.36 Å². The summed E-state index contributed by atoms with van der Waals surface area (Å²) in [6.45, 7) is 5.33. The van der Waals surface area contributed by atoms with Crippen LogP contribution >= 0.6 is 7.82 Å². The zero-order chi connectivity index (χ0) is 32.1. The van der Waals surface area contributed by atoms with Gasteiger partial charge in [-0.15, -0.1) is 0 Å². The number of esters is 1. The summed E-state index contributed by atoms with van der Waals surface area (Å²) in [7, 11) is 1.35. The minimum Gasteiger partial charge on any atom is -0.756 e. The summed E-state index contributed by atoms with van der Waals surface area (Å²) in [5.41, 5.74) is 0. The van der Waals surface area contributed by atoms with Crippen molar-refractivity contribution in [3.05, 3.63) is 12.2 Å². The number of nitrogens with zero attached hydrogens (tertiary/aromatic N) is 1. The van der Waals surface area contributed by atoms with E-state index in [1.165, 1.54) is 89.9 Å². The van der Waals surface area contributed by atoms with Crippen LogP contribution in [0, 0.1) is 0 Å². The van der Waals surface area contributed by atoms with E-state index in [1.54, 1.807) is 0 Å². The Bertz CT molecular complexity index is 711. The van der Waals surface area contributed by atoms with Gasteiger partial charge in [0.1, 0.15) is 19.3 Å². The van der Waals surface area contributed by atoms with Crippen LogP contribution in [-0.4, -0.2) is 70.7 Å². The van der Waals surface area contributed by atoms with Crippen molar-refractivity contribution >= 4 is 13.8 Å². The lowest BCUT2D eigenvalue weighted by molar-refractivity contribution is -0.870. The average Bonchev–Trinajstić information content (AvgIpc) is 2.94. The summed E-state index contributed by atoms with van der Waals surface area (Å²) in [5, 5.41) is 0. The number of rotatable bonds is 32. The van der Waals surface area contributed by atoms with Gasteiger partial charge in [-0.1, -0.05) is 109 Å². The third kappa shape index (κ3) is 32.4.